The fraction of sp³-hybridized carbons (Fsp3) is 0.444. The molecule has 1 rings (SSSR count). The lowest BCUT2D eigenvalue weighted by atomic mass is 10.1. The molecular weight excluding hydrogens is 152 g/mol. The molecule has 1 aromatic heterocycles. The molecule has 2 atom stereocenters. The first-order valence-electron chi connectivity index (χ1n) is 4.04. The Hall–Kier alpha value is -0.930. The van der Waals surface area contributed by atoms with Gasteiger partial charge in [-0.2, -0.15) is 0 Å². The summed E-state index contributed by atoms with van der Waals surface area (Å²) in [4.78, 5) is 4.03. The maximum absolute atomic E-state index is 9.55. The molecule has 0 aliphatic heterocycles. The predicted octanol–water partition coefficient (Wildman–Crippen LogP) is 0.852. The Labute approximate surface area is 72.2 Å². The number of aliphatic hydroxyl groups excluding tert-OH is 1. The van der Waals surface area contributed by atoms with Gasteiger partial charge in [0, 0.05) is 12.2 Å². The van der Waals surface area contributed by atoms with Crippen LogP contribution in [0.1, 0.15) is 25.1 Å². The van der Waals surface area contributed by atoms with Gasteiger partial charge in [-0.1, -0.05) is 6.07 Å². The Morgan fingerprint density at radius 3 is 2.83 bits per heavy atom. The van der Waals surface area contributed by atoms with Gasteiger partial charge in [0.1, 0.15) is 0 Å². The van der Waals surface area contributed by atoms with Crippen molar-refractivity contribution in [1.82, 2.24) is 4.98 Å². The average molecular weight is 166 g/mol. The van der Waals surface area contributed by atoms with Gasteiger partial charge in [-0.15, -0.1) is 0 Å². The van der Waals surface area contributed by atoms with Crippen molar-refractivity contribution in [3.05, 3.63) is 30.1 Å². The highest BCUT2D eigenvalue weighted by Gasteiger charge is 2.09. The van der Waals surface area contributed by atoms with Crippen LogP contribution in [-0.4, -0.2) is 16.1 Å². The van der Waals surface area contributed by atoms with Gasteiger partial charge < -0.3 is 10.8 Å². The molecule has 0 spiro atoms. The van der Waals surface area contributed by atoms with Crippen molar-refractivity contribution in [2.45, 2.75) is 25.5 Å². The lowest BCUT2D eigenvalue weighted by molar-refractivity contribution is 0.155. The maximum atomic E-state index is 9.55. The minimum absolute atomic E-state index is 0.00186. The van der Waals surface area contributed by atoms with Gasteiger partial charge in [-0.25, -0.2) is 0 Å². The molecular formula is C9H14N2O. The second-order valence-electron chi connectivity index (χ2n) is 2.98. The number of nitrogens with zero attached hydrogens (tertiary/aromatic N) is 1. The Balaban J connectivity index is 2.59. The molecule has 0 saturated heterocycles. The van der Waals surface area contributed by atoms with Crippen LogP contribution in [0.25, 0.3) is 0 Å². The molecule has 66 valence electrons. The molecule has 0 aliphatic carbocycles. The van der Waals surface area contributed by atoms with Crippen LogP contribution in [0.5, 0.6) is 0 Å². The van der Waals surface area contributed by atoms with Crippen LogP contribution in [0.2, 0.25) is 0 Å². The summed E-state index contributed by atoms with van der Waals surface area (Å²) in [5.41, 5.74) is 6.23. The lowest BCUT2D eigenvalue weighted by Gasteiger charge is -2.11. The van der Waals surface area contributed by atoms with E-state index in [-0.39, 0.29) is 6.04 Å². The summed E-state index contributed by atoms with van der Waals surface area (Å²) in [6.45, 7) is 1.87. The lowest BCUT2D eigenvalue weighted by Crippen LogP contribution is -2.18. The van der Waals surface area contributed by atoms with Crippen molar-refractivity contribution in [1.29, 1.82) is 0 Å². The van der Waals surface area contributed by atoms with Crippen LogP contribution in [0.15, 0.2) is 24.4 Å². The standard InChI is InChI=1S/C9H14N2O/c1-7(10)6-9(12)8-4-2-3-5-11-8/h2-5,7,9,12H,6,10H2,1H3. The monoisotopic (exact) mass is 166 g/mol. The molecule has 3 heteroatoms. The summed E-state index contributed by atoms with van der Waals surface area (Å²) in [5.74, 6) is 0. The van der Waals surface area contributed by atoms with Crippen LogP contribution >= 0.6 is 0 Å². The van der Waals surface area contributed by atoms with E-state index in [9.17, 15) is 5.11 Å². The van der Waals surface area contributed by atoms with Gasteiger partial charge in [0.2, 0.25) is 0 Å². The smallest absolute Gasteiger partial charge is 0.0974 e. The molecule has 0 bridgehead atoms. The fourth-order valence-electron chi connectivity index (χ4n) is 1.05. The van der Waals surface area contributed by atoms with E-state index in [0.717, 1.165) is 0 Å². The summed E-state index contributed by atoms with van der Waals surface area (Å²) in [5, 5.41) is 9.55. The fourth-order valence-corrected chi connectivity index (χ4v) is 1.05. The van der Waals surface area contributed by atoms with E-state index in [2.05, 4.69) is 4.98 Å². The minimum Gasteiger partial charge on any atom is -0.387 e. The normalized spacial score (nSPS) is 15.6. The van der Waals surface area contributed by atoms with E-state index < -0.39 is 6.10 Å². The van der Waals surface area contributed by atoms with Crippen LogP contribution in [0, 0.1) is 0 Å². The van der Waals surface area contributed by atoms with Crippen molar-refractivity contribution in [2.24, 2.45) is 5.73 Å². The summed E-state index contributed by atoms with van der Waals surface area (Å²) >= 11 is 0. The molecule has 0 saturated carbocycles. The second kappa shape index (κ2) is 4.18. The number of pyridine rings is 1. The highest BCUT2D eigenvalue weighted by molar-refractivity contribution is 5.06. The Morgan fingerprint density at radius 1 is 1.58 bits per heavy atom. The van der Waals surface area contributed by atoms with Crippen LogP contribution in [0.4, 0.5) is 0 Å². The van der Waals surface area contributed by atoms with Crippen LogP contribution < -0.4 is 5.73 Å². The van der Waals surface area contributed by atoms with Gasteiger partial charge in [-0.3, -0.25) is 4.98 Å². The van der Waals surface area contributed by atoms with Crippen molar-refractivity contribution >= 4 is 0 Å². The molecule has 0 aliphatic rings. The third-order valence-electron chi connectivity index (χ3n) is 1.62. The number of hydrogen-bond acceptors (Lipinski definition) is 3. The highest BCUT2D eigenvalue weighted by Crippen LogP contribution is 2.13. The third-order valence-corrected chi connectivity index (χ3v) is 1.62. The van der Waals surface area contributed by atoms with E-state index in [1.165, 1.54) is 0 Å². The van der Waals surface area contributed by atoms with Gasteiger partial charge >= 0.3 is 0 Å². The van der Waals surface area contributed by atoms with E-state index >= 15 is 0 Å². The molecule has 2 unspecified atom stereocenters. The average Bonchev–Trinajstić information content (AvgIpc) is 2.05. The van der Waals surface area contributed by atoms with Crippen molar-refractivity contribution < 1.29 is 5.11 Å². The summed E-state index contributed by atoms with van der Waals surface area (Å²) in [6, 6.07) is 5.48. The maximum Gasteiger partial charge on any atom is 0.0974 e. The van der Waals surface area contributed by atoms with Crippen molar-refractivity contribution in [2.75, 3.05) is 0 Å². The van der Waals surface area contributed by atoms with Gasteiger partial charge in [0.15, 0.2) is 0 Å². The second-order valence-corrected chi connectivity index (χ2v) is 2.98. The zero-order chi connectivity index (χ0) is 8.97. The SMILES string of the molecule is CC(N)CC(O)c1ccccn1. The predicted molar refractivity (Wildman–Crippen MR) is 47.5 cm³/mol. The number of aliphatic hydroxyl groups is 1. The molecule has 0 radical (unpaired) electrons. The zero-order valence-corrected chi connectivity index (χ0v) is 7.14. The number of hydrogen-bond donors (Lipinski definition) is 2. The molecule has 3 N–H and O–H groups in total. The Bertz CT molecular complexity index is 223. The van der Waals surface area contributed by atoms with Crippen molar-refractivity contribution in [3.8, 4) is 0 Å². The molecule has 12 heavy (non-hydrogen) atoms. The van der Waals surface area contributed by atoms with Crippen LogP contribution in [-0.2, 0) is 0 Å². The Morgan fingerprint density at radius 2 is 2.33 bits per heavy atom. The van der Waals surface area contributed by atoms with Crippen LogP contribution in [0.3, 0.4) is 0 Å². The molecule has 1 heterocycles. The Kier molecular flexibility index (Phi) is 3.19. The summed E-state index contributed by atoms with van der Waals surface area (Å²) in [6.07, 6.45) is 1.68. The topological polar surface area (TPSA) is 59.1 Å². The molecule has 1 aromatic rings. The number of rotatable bonds is 3. The molecule has 0 aromatic carbocycles. The van der Waals surface area contributed by atoms with E-state index in [1.54, 1.807) is 12.3 Å². The van der Waals surface area contributed by atoms with E-state index in [4.69, 9.17) is 5.73 Å². The first kappa shape index (κ1) is 9.16. The van der Waals surface area contributed by atoms with Gasteiger partial charge in [0.05, 0.1) is 11.8 Å². The van der Waals surface area contributed by atoms with Gasteiger partial charge in [-0.05, 0) is 25.5 Å². The zero-order valence-electron chi connectivity index (χ0n) is 7.14. The number of nitrogens with two attached hydrogens (primary N) is 1. The first-order chi connectivity index (χ1) is 5.70. The first-order valence-corrected chi connectivity index (χ1v) is 4.04. The molecule has 0 amide bonds. The molecule has 3 nitrogen and oxygen atoms in total. The summed E-state index contributed by atoms with van der Waals surface area (Å²) in [7, 11) is 0. The van der Waals surface area contributed by atoms with Crippen molar-refractivity contribution in [3.63, 3.8) is 0 Å². The third kappa shape index (κ3) is 2.60. The minimum atomic E-state index is -0.536. The highest BCUT2D eigenvalue weighted by atomic mass is 16.3. The number of aromatic nitrogens is 1. The van der Waals surface area contributed by atoms with E-state index in [1.807, 2.05) is 19.1 Å². The quantitative estimate of drug-likeness (QED) is 0.700. The summed E-state index contributed by atoms with van der Waals surface area (Å²) < 4.78 is 0. The van der Waals surface area contributed by atoms with Gasteiger partial charge in [0.25, 0.3) is 0 Å². The largest absolute Gasteiger partial charge is 0.387 e. The molecule has 0 fully saturated rings. The van der Waals surface area contributed by atoms with E-state index in [0.29, 0.717) is 12.1 Å².